The van der Waals surface area contributed by atoms with Gasteiger partial charge >= 0.3 is 0 Å². The first-order valence-electron chi connectivity index (χ1n) is 8.11. The number of hydrogen-bond donors (Lipinski definition) is 0. The van der Waals surface area contributed by atoms with E-state index in [1.54, 1.807) is 12.2 Å². The smallest absolute Gasteiger partial charge is 0.293 e. The van der Waals surface area contributed by atoms with Crippen molar-refractivity contribution in [3.63, 3.8) is 0 Å². The Bertz CT molecular complexity index is 953. The molecule has 2 aromatic carbocycles. The predicted molar refractivity (Wildman–Crippen MR) is 128 cm³/mol. The van der Waals surface area contributed by atoms with E-state index in [-0.39, 0.29) is 17.7 Å². The van der Waals surface area contributed by atoms with Crippen LogP contribution in [0.25, 0.3) is 6.08 Å². The molecule has 8 heteroatoms. The van der Waals surface area contributed by atoms with Gasteiger partial charge in [0.25, 0.3) is 11.1 Å². The highest BCUT2D eigenvalue weighted by atomic mass is 127. The largest absolute Gasteiger partial charge is 0.487 e. The molecule has 2 amide bonds. The van der Waals surface area contributed by atoms with Gasteiger partial charge in [0, 0.05) is 3.57 Å². The zero-order valence-electron chi connectivity index (χ0n) is 14.5. The highest BCUT2D eigenvalue weighted by molar-refractivity contribution is 14.1. The van der Waals surface area contributed by atoms with Crippen molar-refractivity contribution in [3.05, 3.63) is 77.6 Å². The summed E-state index contributed by atoms with van der Waals surface area (Å²) in [4.78, 5) is 26.7. The van der Waals surface area contributed by atoms with Gasteiger partial charge in [0.1, 0.15) is 12.4 Å². The third-order valence-corrected chi connectivity index (χ3v) is 6.60. The predicted octanol–water partition coefficient (Wildman–Crippen LogP) is 6.62. The first-order chi connectivity index (χ1) is 13.4. The number of carbonyl (C=O) groups excluding carboxylic acids is 2. The number of hydrogen-bond acceptors (Lipinski definition) is 4. The number of thioether (sulfide) groups is 1. The van der Waals surface area contributed by atoms with Gasteiger partial charge in [-0.15, -0.1) is 0 Å². The van der Waals surface area contributed by atoms with Crippen molar-refractivity contribution in [2.45, 2.75) is 6.54 Å². The Morgan fingerprint density at radius 3 is 2.39 bits per heavy atom. The second kappa shape index (κ2) is 9.60. The van der Waals surface area contributed by atoms with Gasteiger partial charge in [-0.25, -0.2) is 0 Å². The van der Waals surface area contributed by atoms with Crippen molar-refractivity contribution in [1.29, 1.82) is 0 Å². The van der Waals surface area contributed by atoms with Gasteiger partial charge in [-0.1, -0.05) is 24.8 Å². The topological polar surface area (TPSA) is 46.6 Å². The molecule has 1 aliphatic rings. The quantitative estimate of drug-likeness (QED) is 0.204. The van der Waals surface area contributed by atoms with E-state index in [0.29, 0.717) is 17.3 Å². The summed E-state index contributed by atoms with van der Waals surface area (Å²) < 4.78 is 8.20. The van der Waals surface area contributed by atoms with Gasteiger partial charge in [-0.2, -0.15) is 0 Å². The van der Waals surface area contributed by atoms with Crippen LogP contribution in [-0.4, -0.2) is 22.7 Å². The normalized spacial score (nSPS) is 15.4. The van der Waals surface area contributed by atoms with E-state index in [0.717, 1.165) is 35.4 Å². The fourth-order valence-corrected chi connectivity index (χ4v) is 5.15. The lowest BCUT2D eigenvalue weighted by Crippen LogP contribution is -2.27. The summed E-state index contributed by atoms with van der Waals surface area (Å²) in [5, 5.41) is -0.265. The second-order valence-electron chi connectivity index (χ2n) is 5.81. The van der Waals surface area contributed by atoms with Gasteiger partial charge in [-0.05, 0) is 108 Å². The van der Waals surface area contributed by atoms with Crippen molar-refractivity contribution in [2.24, 2.45) is 0 Å². The molecule has 4 nitrogen and oxygen atoms in total. The first-order valence-corrected chi connectivity index (χ1v) is 11.6. The van der Waals surface area contributed by atoms with Gasteiger partial charge in [0.2, 0.25) is 0 Å². The van der Waals surface area contributed by atoms with Crippen molar-refractivity contribution in [3.8, 4) is 5.75 Å². The van der Waals surface area contributed by atoms with Crippen LogP contribution in [0.3, 0.4) is 0 Å². The molecule has 0 atom stereocenters. The van der Waals surface area contributed by atoms with Gasteiger partial charge in [0.15, 0.2) is 0 Å². The van der Waals surface area contributed by atoms with Crippen LogP contribution in [0.15, 0.2) is 62.9 Å². The molecule has 2 aromatic rings. The summed E-state index contributed by atoms with van der Waals surface area (Å²) in [7, 11) is 0. The molecule has 0 bridgehead atoms. The third-order valence-electron chi connectivity index (χ3n) is 3.79. The average Bonchev–Trinajstić information content (AvgIpc) is 2.90. The van der Waals surface area contributed by atoms with E-state index in [1.807, 2.05) is 36.4 Å². The second-order valence-corrected chi connectivity index (χ2v) is 9.76. The highest BCUT2D eigenvalue weighted by Gasteiger charge is 2.35. The molecular formula is C20H14Br2INO3S. The maximum Gasteiger partial charge on any atom is 0.293 e. The Balaban J connectivity index is 1.81. The molecule has 1 heterocycles. The van der Waals surface area contributed by atoms with Gasteiger partial charge in [-0.3, -0.25) is 14.5 Å². The minimum atomic E-state index is -0.284. The van der Waals surface area contributed by atoms with Crippen LogP contribution >= 0.6 is 66.2 Å². The van der Waals surface area contributed by atoms with E-state index in [4.69, 9.17) is 4.74 Å². The summed E-state index contributed by atoms with van der Waals surface area (Å²) in [5.41, 5.74) is 1.70. The molecule has 0 N–H and O–H groups in total. The Morgan fingerprint density at radius 1 is 1.14 bits per heavy atom. The summed E-state index contributed by atoms with van der Waals surface area (Å²) in [6, 6.07) is 11.4. The lowest BCUT2D eigenvalue weighted by atomic mass is 10.2. The lowest BCUT2D eigenvalue weighted by molar-refractivity contribution is -0.123. The molecule has 0 radical (unpaired) electrons. The van der Waals surface area contributed by atoms with Crippen LogP contribution in [0.1, 0.15) is 11.1 Å². The standard InChI is InChI=1S/C20H14Br2INO3S/c1-2-7-27-18-15(21)8-13(9-16(18)22)10-17-19(25)24(20(26)28-17)11-12-3-5-14(23)6-4-12/h2-6,8-10H,1,7,11H2/b17-10-. The highest BCUT2D eigenvalue weighted by Crippen LogP contribution is 2.38. The number of benzene rings is 2. The van der Waals surface area contributed by atoms with E-state index in [1.165, 1.54) is 4.90 Å². The Kier molecular flexibility index (Phi) is 7.41. The van der Waals surface area contributed by atoms with Gasteiger partial charge < -0.3 is 4.74 Å². The van der Waals surface area contributed by atoms with Crippen LogP contribution in [0.5, 0.6) is 5.75 Å². The Hall–Kier alpha value is -1.10. The number of imide groups is 1. The minimum Gasteiger partial charge on any atom is -0.487 e. The van der Waals surface area contributed by atoms with E-state index < -0.39 is 0 Å². The fraction of sp³-hybridized carbons (Fsp3) is 0.100. The zero-order valence-corrected chi connectivity index (χ0v) is 20.6. The lowest BCUT2D eigenvalue weighted by Gasteiger charge is -2.12. The fourth-order valence-electron chi connectivity index (χ4n) is 2.50. The van der Waals surface area contributed by atoms with Crippen molar-refractivity contribution < 1.29 is 14.3 Å². The molecule has 0 aromatic heterocycles. The molecule has 3 rings (SSSR count). The summed E-state index contributed by atoms with van der Waals surface area (Å²) >= 11 is 10.1. The van der Waals surface area contributed by atoms with E-state index in [9.17, 15) is 9.59 Å². The van der Waals surface area contributed by atoms with Crippen molar-refractivity contribution >= 4 is 83.4 Å². The number of carbonyl (C=O) groups is 2. The molecule has 1 saturated heterocycles. The number of nitrogens with zero attached hydrogens (tertiary/aromatic N) is 1. The van der Waals surface area contributed by atoms with Crippen LogP contribution in [0.2, 0.25) is 0 Å². The number of halogens is 3. The van der Waals surface area contributed by atoms with Crippen molar-refractivity contribution in [2.75, 3.05) is 6.61 Å². The van der Waals surface area contributed by atoms with Gasteiger partial charge in [0.05, 0.1) is 20.4 Å². The molecule has 144 valence electrons. The SMILES string of the molecule is C=CCOc1c(Br)cc(/C=C2\SC(=O)N(Cc3ccc(I)cc3)C2=O)cc1Br. The molecular weight excluding hydrogens is 621 g/mol. The maximum atomic E-state index is 12.7. The molecule has 0 saturated carbocycles. The Morgan fingerprint density at radius 2 is 1.79 bits per heavy atom. The number of amides is 2. The molecule has 0 unspecified atom stereocenters. The molecule has 0 aliphatic carbocycles. The summed E-state index contributed by atoms with van der Waals surface area (Å²) in [5.74, 6) is 0.372. The number of ether oxygens (including phenoxy) is 1. The van der Waals surface area contributed by atoms with E-state index in [2.05, 4.69) is 61.0 Å². The van der Waals surface area contributed by atoms with Crippen molar-refractivity contribution in [1.82, 2.24) is 4.90 Å². The average molecular weight is 635 g/mol. The maximum absolute atomic E-state index is 12.7. The zero-order chi connectivity index (χ0) is 20.3. The molecule has 1 fully saturated rings. The van der Waals surface area contributed by atoms with Crippen LogP contribution in [-0.2, 0) is 11.3 Å². The van der Waals surface area contributed by atoms with Crippen LogP contribution in [0.4, 0.5) is 4.79 Å². The molecule has 1 aliphatic heterocycles. The van der Waals surface area contributed by atoms with E-state index >= 15 is 0 Å². The molecule has 28 heavy (non-hydrogen) atoms. The first kappa shape index (κ1) is 21.6. The third kappa shape index (κ3) is 5.08. The Labute approximate surface area is 197 Å². The monoisotopic (exact) mass is 633 g/mol. The summed E-state index contributed by atoms with van der Waals surface area (Å²) in [6.45, 7) is 4.28. The number of rotatable bonds is 6. The van der Waals surface area contributed by atoms with Crippen LogP contribution < -0.4 is 4.74 Å². The minimum absolute atomic E-state index is 0.265. The summed E-state index contributed by atoms with van der Waals surface area (Å²) in [6.07, 6.45) is 3.38. The van der Waals surface area contributed by atoms with Crippen LogP contribution in [0, 0.1) is 3.57 Å². The molecule has 0 spiro atoms.